The fraction of sp³-hybridized carbons (Fsp3) is 0.571. The Bertz CT molecular complexity index is 715. The first-order chi connectivity index (χ1) is 11.4. The van der Waals surface area contributed by atoms with Crippen LogP contribution in [0.4, 0.5) is 9.59 Å². The van der Waals surface area contributed by atoms with Crippen molar-refractivity contribution in [1.82, 2.24) is 19.4 Å². The minimum atomic E-state index is -3.64. The molecule has 3 rings (SSSR count). The number of hydrogen-bond acceptors (Lipinski definition) is 6. The van der Waals surface area contributed by atoms with Crippen LogP contribution in [0.5, 0.6) is 0 Å². The third-order valence-corrected chi connectivity index (χ3v) is 6.16. The Hall–Kier alpha value is -1.65. The van der Waals surface area contributed by atoms with Crippen molar-refractivity contribution >= 4 is 33.4 Å². The van der Waals surface area contributed by atoms with Crippen molar-refractivity contribution in [2.75, 3.05) is 39.0 Å². The summed E-state index contributed by atoms with van der Waals surface area (Å²) in [6, 6.07) is 0.780. The number of rotatable bonds is 5. The highest BCUT2D eigenvalue weighted by Crippen LogP contribution is 2.26. The molecule has 2 aliphatic heterocycles. The maximum atomic E-state index is 12.3. The molecule has 4 amide bonds. The SMILES string of the molecule is CS(=O)(=O)N1CCN(C(=O)NCC(c2ccsc2)N2CCC2)C1=O. The molecule has 1 N–H and O–H groups in total. The number of imide groups is 1. The van der Waals surface area contributed by atoms with Gasteiger partial charge in [0.25, 0.3) is 0 Å². The maximum Gasteiger partial charge on any atom is 0.341 e. The van der Waals surface area contributed by atoms with Gasteiger partial charge in [-0.3, -0.25) is 4.90 Å². The van der Waals surface area contributed by atoms with Crippen LogP contribution in [0.25, 0.3) is 0 Å². The van der Waals surface area contributed by atoms with E-state index in [-0.39, 0.29) is 19.1 Å². The van der Waals surface area contributed by atoms with E-state index in [4.69, 9.17) is 0 Å². The number of carbonyl (C=O) groups excluding carboxylic acids is 2. The average molecular weight is 372 g/mol. The molecular formula is C14H20N4O4S2. The molecule has 8 nitrogen and oxygen atoms in total. The number of nitrogens with zero attached hydrogens (tertiary/aromatic N) is 3. The number of carbonyl (C=O) groups is 2. The molecule has 24 heavy (non-hydrogen) atoms. The summed E-state index contributed by atoms with van der Waals surface area (Å²) in [6.07, 6.45) is 2.10. The van der Waals surface area contributed by atoms with E-state index in [0.717, 1.165) is 40.5 Å². The number of urea groups is 2. The molecule has 0 saturated carbocycles. The second-order valence-electron chi connectivity index (χ2n) is 5.92. The first-order valence-electron chi connectivity index (χ1n) is 7.71. The molecule has 2 saturated heterocycles. The first-order valence-corrected chi connectivity index (χ1v) is 10.5. The minimum absolute atomic E-state index is 0.00513. The molecule has 0 spiro atoms. The van der Waals surface area contributed by atoms with Crippen LogP contribution in [0.1, 0.15) is 18.0 Å². The lowest BCUT2D eigenvalue weighted by atomic mass is 10.0. The first kappa shape index (κ1) is 17.2. The zero-order valence-corrected chi connectivity index (χ0v) is 15.0. The van der Waals surface area contributed by atoms with E-state index >= 15 is 0 Å². The summed E-state index contributed by atoms with van der Waals surface area (Å²) in [5.41, 5.74) is 1.14. The highest BCUT2D eigenvalue weighted by Gasteiger charge is 2.38. The van der Waals surface area contributed by atoms with Crippen LogP contribution in [-0.4, -0.2) is 73.6 Å². The normalized spacial score (nSPS) is 20.1. The molecule has 1 aromatic rings. The number of amides is 4. The van der Waals surface area contributed by atoms with Crippen molar-refractivity contribution in [3.8, 4) is 0 Å². The van der Waals surface area contributed by atoms with Crippen LogP contribution in [-0.2, 0) is 10.0 Å². The van der Waals surface area contributed by atoms with Crippen LogP contribution >= 0.6 is 11.3 Å². The predicted octanol–water partition coefficient (Wildman–Crippen LogP) is 0.902. The second kappa shape index (κ2) is 6.69. The minimum Gasteiger partial charge on any atom is -0.336 e. The molecule has 0 bridgehead atoms. The average Bonchev–Trinajstić information content (AvgIpc) is 3.09. The molecule has 3 heterocycles. The van der Waals surface area contributed by atoms with E-state index in [1.165, 1.54) is 0 Å². The zero-order chi connectivity index (χ0) is 17.3. The van der Waals surface area contributed by atoms with Gasteiger partial charge in [0.1, 0.15) is 0 Å². The maximum absolute atomic E-state index is 12.3. The second-order valence-corrected chi connectivity index (χ2v) is 8.60. The molecule has 2 aliphatic rings. The largest absolute Gasteiger partial charge is 0.341 e. The quantitative estimate of drug-likeness (QED) is 0.829. The van der Waals surface area contributed by atoms with Crippen molar-refractivity contribution in [2.45, 2.75) is 12.5 Å². The van der Waals surface area contributed by atoms with Gasteiger partial charge >= 0.3 is 12.1 Å². The third-order valence-electron chi connectivity index (χ3n) is 4.32. The summed E-state index contributed by atoms with van der Waals surface area (Å²) in [6.45, 7) is 2.44. The molecule has 0 radical (unpaired) electrons. The lowest BCUT2D eigenvalue weighted by molar-refractivity contribution is 0.116. The lowest BCUT2D eigenvalue weighted by Crippen LogP contribution is -2.48. The zero-order valence-electron chi connectivity index (χ0n) is 13.3. The van der Waals surface area contributed by atoms with Gasteiger partial charge in [0, 0.05) is 19.6 Å². The number of hydrogen-bond donors (Lipinski definition) is 1. The Morgan fingerprint density at radius 1 is 1.33 bits per heavy atom. The molecule has 132 valence electrons. The van der Waals surface area contributed by atoms with E-state index in [2.05, 4.69) is 15.6 Å². The molecule has 1 aromatic heterocycles. The smallest absolute Gasteiger partial charge is 0.336 e. The standard InChI is InChI=1S/C14H20N4O4S2/c1-24(21,22)18-7-6-17(14(18)20)13(19)15-9-12(16-4-2-5-16)11-3-8-23-10-11/h3,8,10,12H,2,4-7,9H2,1H3,(H,15,19). The predicted molar refractivity (Wildman–Crippen MR) is 90.3 cm³/mol. The Morgan fingerprint density at radius 3 is 2.58 bits per heavy atom. The molecule has 0 aliphatic carbocycles. The summed E-state index contributed by atoms with van der Waals surface area (Å²) < 4.78 is 23.7. The highest BCUT2D eigenvalue weighted by molar-refractivity contribution is 7.88. The van der Waals surface area contributed by atoms with Gasteiger partial charge in [0.2, 0.25) is 10.0 Å². The summed E-state index contributed by atoms with van der Waals surface area (Å²) >= 11 is 1.61. The Morgan fingerprint density at radius 2 is 2.08 bits per heavy atom. The van der Waals surface area contributed by atoms with E-state index in [9.17, 15) is 18.0 Å². The third kappa shape index (κ3) is 3.40. The van der Waals surface area contributed by atoms with Crippen molar-refractivity contribution in [1.29, 1.82) is 0 Å². The van der Waals surface area contributed by atoms with E-state index in [1.807, 2.05) is 11.4 Å². The Labute approximate surface area is 145 Å². The van der Waals surface area contributed by atoms with Crippen LogP contribution < -0.4 is 5.32 Å². The Balaban J connectivity index is 1.61. The van der Waals surface area contributed by atoms with Crippen LogP contribution in [0, 0.1) is 0 Å². The molecule has 1 atom stereocenters. The summed E-state index contributed by atoms with van der Waals surface area (Å²) in [5.74, 6) is 0. The summed E-state index contributed by atoms with van der Waals surface area (Å²) in [7, 11) is -3.64. The summed E-state index contributed by atoms with van der Waals surface area (Å²) in [4.78, 5) is 27.6. The fourth-order valence-electron chi connectivity index (χ4n) is 2.87. The molecule has 1 unspecified atom stereocenters. The van der Waals surface area contributed by atoms with Gasteiger partial charge in [0.15, 0.2) is 0 Å². The molecular weight excluding hydrogens is 352 g/mol. The molecule has 0 aromatic carbocycles. The van der Waals surface area contributed by atoms with Gasteiger partial charge in [-0.25, -0.2) is 27.2 Å². The van der Waals surface area contributed by atoms with Gasteiger partial charge in [-0.2, -0.15) is 11.3 Å². The van der Waals surface area contributed by atoms with Gasteiger partial charge < -0.3 is 5.32 Å². The molecule has 10 heteroatoms. The topological polar surface area (TPSA) is 90.0 Å². The monoisotopic (exact) mass is 372 g/mol. The summed E-state index contributed by atoms with van der Waals surface area (Å²) in [5, 5.41) is 6.83. The van der Waals surface area contributed by atoms with Gasteiger partial charge in [0.05, 0.1) is 25.4 Å². The number of nitrogens with one attached hydrogen (secondary N) is 1. The van der Waals surface area contributed by atoms with Gasteiger partial charge in [-0.05, 0) is 28.8 Å². The fourth-order valence-corrected chi connectivity index (χ4v) is 4.37. The number of sulfonamides is 1. The highest BCUT2D eigenvalue weighted by atomic mass is 32.2. The van der Waals surface area contributed by atoms with Crippen LogP contribution in [0.15, 0.2) is 16.8 Å². The van der Waals surface area contributed by atoms with Crippen molar-refractivity contribution in [3.63, 3.8) is 0 Å². The number of likely N-dealkylation sites (tertiary alicyclic amines) is 1. The van der Waals surface area contributed by atoms with Gasteiger partial charge in [-0.1, -0.05) is 0 Å². The van der Waals surface area contributed by atoms with Crippen molar-refractivity contribution < 1.29 is 18.0 Å². The van der Waals surface area contributed by atoms with E-state index < -0.39 is 22.1 Å². The van der Waals surface area contributed by atoms with Crippen LogP contribution in [0.3, 0.4) is 0 Å². The Kier molecular flexibility index (Phi) is 4.79. The number of thiophene rings is 1. The van der Waals surface area contributed by atoms with Gasteiger partial charge in [-0.15, -0.1) is 0 Å². The lowest BCUT2D eigenvalue weighted by Gasteiger charge is -2.38. The van der Waals surface area contributed by atoms with E-state index in [0.29, 0.717) is 6.54 Å². The molecule has 2 fully saturated rings. The van der Waals surface area contributed by atoms with Crippen LogP contribution in [0.2, 0.25) is 0 Å². The van der Waals surface area contributed by atoms with Crippen molar-refractivity contribution in [2.24, 2.45) is 0 Å². The van der Waals surface area contributed by atoms with E-state index in [1.54, 1.807) is 11.3 Å². The van der Waals surface area contributed by atoms with Crippen molar-refractivity contribution in [3.05, 3.63) is 22.4 Å².